The van der Waals surface area contributed by atoms with Gasteiger partial charge in [-0.1, -0.05) is 18.2 Å². The highest BCUT2D eigenvalue weighted by Gasteiger charge is 2.36. The number of benzene rings is 3. The molecule has 7 nitrogen and oxygen atoms in total. The lowest BCUT2D eigenvalue weighted by molar-refractivity contribution is 0.0711. The van der Waals surface area contributed by atoms with E-state index in [1.807, 2.05) is 11.0 Å². The van der Waals surface area contributed by atoms with Gasteiger partial charge in [0, 0.05) is 24.6 Å². The Morgan fingerprint density at radius 1 is 0.914 bits per heavy atom. The molecule has 2 aliphatic rings. The summed E-state index contributed by atoms with van der Waals surface area (Å²) in [6.07, 6.45) is 1.69. The van der Waals surface area contributed by atoms with E-state index in [0.29, 0.717) is 41.4 Å². The molecule has 1 fully saturated rings. The average molecular weight is 465 g/mol. The van der Waals surface area contributed by atoms with Gasteiger partial charge in [0.25, 0.3) is 17.7 Å². The molecule has 0 spiro atoms. The van der Waals surface area contributed by atoms with Gasteiger partial charge in [-0.25, -0.2) is 9.88 Å². The molecule has 3 heterocycles. The van der Waals surface area contributed by atoms with Gasteiger partial charge in [-0.15, -0.1) is 0 Å². The minimum absolute atomic E-state index is 0.0439. The van der Waals surface area contributed by atoms with Crippen molar-refractivity contribution in [2.75, 3.05) is 18.0 Å². The summed E-state index contributed by atoms with van der Waals surface area (Å²) in [5, 5.41) is 0. The molecule has 0 radical (unpaired) electrons. The van der Waals surface area contributed by atoms with Crippen molar-refractivity contribution >= 4 is 34.4 Å². The molecule has 0 aliphatic carbocycles. The average Bonchev–Trinajstić information content (AvgIpc) is 3.42. The summed E-state index contributed by atoms with van der Waals surface area (Å²) in [4.78, 5) is 49.8. The Labute approximate surface area is 202 Å². The van der Waals surface area contributed by atoms with Crippen molar-refractivity contribution in [1.29, 1.82) is 0 Å². The third-order valence-corrected chi connectivity index (χ3v) is 6.99. The molecule has 0 unspecified atom stereocenters. The molecule has 0 atom stereocenters. The molecule has 174 valence electrons. The number of aryl methyl sites for hydroxylation is 1. The van der Waals surface area contributed by atoms with E-state index in [0.717, 1.165) is 29.7 Å². The number of rotatable bonds is 3. The van der Waals surface area contributed by atoms with E-state index < -0.39 is 0 Å². The van der Waals surface area contributed by atoms with E-state index >= 15 is 0 Å². The number of aromatic amines is 1. The number of aromatic nitrogens is 2. The number of amides is 3. The van der Waals surface area contributed by atoms with Crippen LogP contribution in [0.2, 0.25) is 0 Å². The molecule has 35 heavy (non-hydrogen) atoms. The summed E-state index contributed by atoms with van der Waals surface area (Å²) in [6, 6.07) is 19.7. The Hall–Kier alpha value is -4.26. The van der Waals surface area contributed by atoms with Crippen LogP contribution < -0.4 is 4.90 Å². The molecule has 0 saturated carbocycles. The zero-order chi connectivity index (χ0) is 24.1. The number of nitrogens with zero attached hydrogens (tertiary/aromatic N) is 3. The molecule has 1 N–H and O–H groups in total. The van der Waals surface area contributed by atoms with E-state index in [1.165, 1.54) is 10.5 Å². The lowest BCUT2D eigenvalue weighted by Crippen LogP contribution is -2.38. The fourth-order valence-corrected chi connectivity index (χ4v) is 5.05. The first-order valence-corrected chi connectivity index (χ1v) is 11.8. The number of imide groups is 1. The largest absolute Gasteiger partial charge is 0.342 e. The minimum Gasteiger partial charge on any atom is -0.342 e. The highest BCUT2D eigenvalue weighted by molar-refractivity contribution is 6.34. The van der Waals surface area contributed by atoms with Gasteiger partial charge in [-0.3, -0.25) is 14.4 Å². The van der Waals surface area contributed by atoms with E-state index in [2.05, 4.69) is 24.0 Å². The number of imidazole rings is 1. The summed E-state index contributed by atoms with van der Waals surface area (Å²) in [7, 11) is 0. The summed E-state index contributed by atoms with van der Waals surface area (Å²) < 4.78 is 0. The SMILES string of the molecule is Cc1ccc2nc(C3CCN(C(=O)c4ccc(N5C(=O)c6ccccc6C5=O)cc4)CC3)[nH]c2c1. The monoisotopic (exact) mass is 464 g/mol. The molecule has 6 rings (SSSR count). The molecule has 4 aromatic rings. The van der Waals surface area contributed by atoms with Crippen LogP contribution in [0.25, 0.3) is 11.0 Å². The maximum Gasteiger partial charge on any atom is 0.266 e. The van der Waals surface area contributed by atoms with Gasteiger partial charge in [-0.05, 0) is 73.9 Å². The number of carbonyl (C=O) groups excluding carboxylic acids is 3. The molecule has 1 saturated heterocycles. The Morgan fingerprint density at radius 2 is 1.57 bits per heavy atom. The van der Waals surface area contributed by atoms with Crippen molar-refractivity contribution < 1.29 is 14.4 Å². The van der Waals surface area contributed by atoms with Crippen LogP contribution in [-0.2, 0) is 0 Å². The van der Waals surface area contributed by atoms with E-state index in [1.54, 1.807) is 48.5 Å². The Balaban J connectivity index is 1.13. The summed E-state index contributed by atoms with van der Waals surface area (Å²) in [5.41, 5.74) is 5.04. The van der Waals surface area contributed by atoms with E-state index in [9.17, 15) is 14.4 Å². The zero-order valence-corrected chi connectivity index (χ0v) is 19.3. The number of nitrogens with one attached hydrogen (secondary N) is 1. The number of anilines is 1. The number of piperidine rings is 1. The van der Waals surface area contributed by atoms with Crippen molar-refractivity contribution in [3.63, 3.8) is 0 Å². The van der Waals surface area contributed by atoms with Crippen molar-refractivity contribution in [2.45, 2.75) is 25.7 Å². The number of hydrogen-bond donors (Lipinski definition) is 1. The minimum atomic E-state index is -0.340. The fourth-order valence-electron chi connectivity index (χ4n) is 5.05. The van der Waals surface area contributed by atoms with Crippen molar-refractivity contribution in [3.05, 3.63) is 94.8 Å². The van der Waals surface area contributed by atoms with Crippen LogP contribution in [0.1, 0.15) is 61.2 Å². The van der Waals surface area contributed by atoms with Gasteiger partial charge in [0.15, 0.2) is 0 Å². The summed E-state index contributed by atoms with van der Waals surface area (Å²) in [5.74, 6) is 0.559. The number of carbonyl (C=O) groups is 3. The van der Waals surface area contributed by atoms with Crippen LogP contribution in [0, 0.1) is 6.92 Å². The van der Waals surface area contributed by atoms with Crippen LogP contribution in [0.3, 0.4) is 0 Å². The predicted octanol–water partition coefficient (Wildman–Crippen LogP) is 4.69. The molecule has 1 aromatic heterocycles. The summed E-state index contributed by atoms with van der Waals surface area (Å²) in [6.45, 7) is 3.37. The van der Waals surface area contributed by atoms with Gasteiger partial charge < -0.3 is 9.88 Å². The Morgan fingerprint density at radius 3 is 2.23 bits per heavy atom. The van der Waals surface area contributed by atoms with Crippen molar-refractivity contribution in [1.82, 2.24) is 14.9 Å². The standard InChI is InChI=1S/C28H24N4O3/c1-17-6-11-23-24(16-17)30-25(29-23)18-12-14-31(15-13-18)26(33)19-7-9-20(10-8-19)32-27(34)21-4-2-3-5-22(21)28(32)35/h2-11,16,18H,12-15H2,1H3,(H,29,30). The maximum absolute atomic E-state index is 13.1. The predicted molar refractivity (Wildman–Crippen MR) is 133 cm³/mol. The van der Waals surface area contributed by atoms with Gasteiger partial charge in [0.1, 0.15) is 5.82 Å². The van der Waals surface area contributed by atoms with Gasteiger partial charge >= 0.3 is 0 Å². The first kappa shape index (κ1) is 21.3. The molecular formula is C28H24N4O3. The second kappa shape index (κ2) is 8.20. The van der Waals surface area contributed by atoms with E-state index in [4.69, 9.17) is 4.98 Å². The third kappa shape index (κ3) is 3.60. The van der Waals surface area contributed by atoms with Crippen LogP contribution in [-0.4, -0.2) is 45.7 Å². The first-order valence-electron chi connectivity index (χ1n) is 11.8. The number of likely N-dealkylation sites (tertiary alicyclic amines) is 1. The van der Waals surface area contributed by atoms with Crippen LogP contribution >= 0.6 is 0 Å². The zero-order valence-electron chi connectivity index (χ0n) is 19.3. The molecule has 2 aliphatic heterocycles. The first-order chi connectivity index (χ1) is 17.0. The molecule has 3 aromatic carbocycles. The highest BCUT2D eigenvalue weighted by Crippen LogP contribution is 2.30. The third-order valence-electron chi connectivity index (χ3n) is 6.99. The second-order valence-electron chi connectivity index (χ2n) is 9.25. The van der Waals surface area contributed by atoms with Crippen LogP contribution in [0.4, 0.5) is 5.69 Å². The van der Waals surface area contributed by atoms with E-state index in [-0.39, 0.29) is 17.7 Å². The number of H-pyrrole nitrogens is 1. The molecule has 0 bridgehead atoms. The number of fused-ring (bicyclic) bond motifs is 2. The maximum atomic E-state index is 13.1. The summed E-state index contributed by atoms with van der Waals surface area (Å²) >= 11 is 0. The normalized spacial score (nSPS) is 16.3. The lowest BCUT2D eigenvalue weighted by atomic mass is 9.95. The van der Waals surface area contributed by atoms with Gasteiger partial charge in [0.2, 0.25) is 0 Å². The topological polar surface area (TPSA) is 86.4 Å². The molecular weight excluding hydrogens is 440 g/mol. The van der Waals surface area contributed by atoms with Crippen molar-refractivity contribution in [2.24, 2.45) is 0 Å². The quantitative estimate of drug-likeness (QED) is 0.446. The van der Waals surface area contributed by atoms with Crippen LogP contribution in [0.5, 0.6) is 0 Å². The fraction of sp³-hybridized carbons (Fsp3) is 0.214. The lowest BCUT2D eigenvalue weighted by Gasteiger charge is -2.31. The number of hydrogen-bond acceptors (Lipinski definition) is 4. The van der Waals surface area contributed by atoms with Gasteiger partial charge in [0.05, 0.1) is 27.8 Å². The molecule has 7 heteroatoms. The van der Waals surface area contributed by atoms with Crippen molar-refractivity contribution in [3.8, 4) is 0 Å². The smallest absolute Gasteiger partial charge is 0.266 e. The van der Waals surface area contributed by atoms with Gasteiger partial charge in [-0.2, -0.15) is 0 Å². The highest BCUT2D eigenvalue weighted by atomic mass is 16.2. The second-order valence-corrected chi connectivity index (χ2v) is 9.25. The van der Waals surface area contributed by atoms with Crippen LogP contribution in [0.15, 0.2) is 66.7 Å². The Bertz CT molecular complexity index is 1440. The molecule has 3 amide bonds. The Kier molecular flexibility index (Phi) is 4.99.